The van der Waals surface area contributed by atoms with Crippen molar-refractivity contribution >= 4 is 28.6 Å². The van der Waals surface area contributed by atoms with E-state index in [1.54, 1.807) is 35.7 Å². The van der Waals surface area contributed by atoms with Crippen molar-refractivity contribution in [3.63, 3.8) is 0 Å². The van der Waals surface area contributed by atoms with Gasteiger partial charge < -0.3 is 16.4 Å². The van der Waals surface area contributed by atoms with Gasteiger partial charge in [0.1, 0.15) is 5.01 Å². The van der Waals surface area contributed by atoms with Crippen LogP contribution in [-0.2, 0) is 0 Å². The highest BCUT2D eigenvalue weighted by Gasteiger charge is 2.14. The third kappa shape index (κ3) is 3.27. The SMILES string of the molecule is CCNC(=O)c1ccc(N)cc1NC(C)c1nccs1. The van der Waals surface area contributed by atoms with E-state index < -0.39 is 0 Å². The van der Waals surface area contributed by atoms with Gasteiger partial charge in [0.05, 0.1) is 11.6 Å². The summed E-state index contributed by atoms with van der Waals surface area (Å²) in [6, 6.07) is 5.25. The number of hydrogen-bond donors (Lipinski definition) is 3. The number of aromatic nitrogens is 1. The Morgan fingerprint density at radius 1 is 1.50 bits per heavy atom. The average molecular weight is 290 g/mol. The van der Waals surface area contributed by atoms with Gasteiger partial charge in [0.25, 0.3) is 5.91 Å². The van der Waals surface area contributed by atoms with E-state index in [1.165, 1.54) is 0 Å². The number of rotatable bonds is 5. The lowest BCUT2D eigenvalue weighted by molar-refractivity contribution is 0.0956. The number of benzene rings is 1. The predicted octanol–water partition coefficient (Wildman–Crippen LogP) is 2.65. The van der Waals surface area contributed by atoms with E-state index in [1.807, 2.05) is 19.2 Å². The fourth-order valence-corrected chi connectivity index (χ4v) is 2.52. The van der Waals surface area contributed by atoms with Crippen molar-refractivity contribution in [2.45, 2.75) is 19.9 Å². The molecule has 2 rings (SSSR count). The van der Waals surface area contributed by atoms with Crippen LogP contribution in [0.4, 0.5) is 11.4 Å². The van der Waals surface area contributed by atoms with E-state index >= 15 is 0 Å². The first-order valence-corrected chi connectivity index (χ1v) is 7.33. The predicted molar refractivity (Wildman–Crippen MR) is 83.0 cm³/mol. The standard InChI is InChI=1S/C14H18N4OS/c1-3-16-13(19)11-5-4-10(15)8-12(11)18-9(2)14-17-6-7-20-14/h4-9,18H,3,15H2,1-2H3,(H,16,19). The van der Waals surface area contributed by atoms with E-state index in [9.17, 15) is 4.79 Å². The molecule has 106 valence electrons. The summed E-state index contributed by atoms with van der Waals surface area (Å²) in [6.45, 7) is 4.48. The highest BCUT2D eigenvalue weighted by molar-refractivity contribution is 7.09. The summed E-state index contributed by atoms with van der Waals surface area (Å²) in [5.41, 5.74) is 7.74. The summed E-state index contributed by atoms with van der Waals surface area (Å²) in [7, 11) is 0. The molecular weight excluding hydrogens is 272 g/mol. The van der Waals surface area contributed by atoms with E-state index in [-0.39, 0.29) is 11.9 Å². The number of carbonyl (C=O) groups is 1. The highest BCUT2D eigenvalue weighted by atomic mass is 32.1. The molecule has 0 bridgehead atoms. The summed E-state index contributed by atoms with van der Waals surface area (Å²) in [4.78, 5) is 16.3. The molecule has 1 aromatic heterocycles. The number of anilines is 2. The van der Waals surface area contributed by atoms with Gasteiger partial charge >= 0.3 is 0 Å². The van der Waals surface area contributed by atoms with E-state index in [0.717, 1.165) is 10.7 Å². The molecule has 0 aliphatic heterocycles. The van der Waals surface area contributed by atoms with Crippen molar-refractivity contribution in [2.75, 3.05) is 17.6 Å². The van der Waals surface area contributed by atoms with Gasteiger partial charge in [-0.05, 0) is 32.0 Å². The van der Waals surface area contributed by atoms with Crippen molar-refractivity contribution in [1.29, 1.82) is 0 Å². The molecule has 0 spiro atoms. The van der Waals surface area contributed by atoms with Crippen LogP contribution in [0.15, 0.2) is 29.8 Å². The molecule has 0 saturated carbocycles. The monoisotopic (exact) mass is 290 g/mol. The zero-order chi connectivity index (χ0) is 14.5. The minimum absolute atomic E-state index is 0.0185. The molecule has 1 heterocycles. The number of thiazole rings is 1. The van der Waals surface area contributed by atoms with E-state index in [0.29, 0.717) is 17.8 Å². The van der Waals surface area contributed by atoms with Crippen LogP contribution < -0.4 is 16.4 Å². The van der Waals surface area contributed by atoms with Crippen LogP contribution >= 0.6 is 11.3 Å². The van der Waals surface area contributed by atoms with Gasteiger partial charge in [0.2, 0.25) is 0 Å². The summed E-state index contributed by atoms with van der Waals surface area (Å²) < 4.78 is 0. The Hall–Kier alpha value is -2.08. The van der Waals surface area contributed by atoms with Crippen molar-refractivity contribution in [1.82, 2.24) is 10.3 Å². The molecule has 20 heavy (non-hydrogen) atoms. The maximum absolute atomic E-state index is 12.0. The van der Waals surface area contributed by atoms with Crippen molar-refractivity contribution in [3.05, 3.63) is 40.3 Å². The molecule has 2 aromatic rings. The fourth-order valence-electron chi connectivity index (χ4n) is 1.88. The molecule has 1 unspecified atom stereocenters. The molecule has 1 amide bonds. The number of nitrogens with two attached hydrogens (primary N) is 1. The Kier molecular flexibility index (Phi) is 4.57. The lowest BCUT2D eigenvalue weighted by atomic mass is 10.1. The van der Waals surface area contributed by atoms with Crippen LogP contribution in [-0.4, -0.2) is 17.4 Å². The van der Waals surface area contributed by atoms with E-state index in [2.05, 4.69) is 15.6 Å². The lowest BCUT2D eigenvalue weighted by Crippen LogP contribution is -2.24. The number of hydrogen-bond acceptors (Lipinski definition) is 5. The van der Waals surface area contributed by atoms with Crippen LogP contribution in [0.5, 0.6) is 0 Å². The van der Waals surface area contributed by atoms with Crippen molar-refractivity contribution in [3.8, 4) is 0 Å². The van der Waals surface area contributed by atoms with Gasteiger partial charge in [-0.15, -0.1) is 11.3 Å². The number of nitrogens with one attached hydrogen (secondary N) is 2. The second kappa shape index (κ2) is 6.38. The van der Waals surface area contributed by atoms with Crippen LogP contribution in [0.1, 0.15) is 35.3 Å². The van der Waals surface area contributed by atoms with Crippen molar-refractivity contribution in [2.24, 2.45) is 0 Å². The zero-order valence-electron chi connectivity index (χ0n) is 11.5. The van der Waals surface area contributed by atoms with Crippen LogP contribution in [0.2, 0.25) is 0 Å². The third-order valence-corrected chi connectivity index (χ3v) is 3.78. The van der Waals surface area contributed by atoms with Crippen LogP contribution in [0.25, 0.3) is 0 Å². The second-order valence-electron chi connectivity index (χ2n) is 4.40. The molecule has 6 heteroatoms. The van der Waals surface area contributed by atoms with Gasteiger partial charge in [-0.1, -0.05) is 0 Å². The Morgan fingerprint density at radius 3 is 2.95 bits per heavy atom. The summed E-state index contributed by atoms with van der Waals surface area (Å²) in [6.07, 6.45) is 1.77. The molecule has 0 fully saturated rings. The number of carbonyl (C=O) groups excluding carboxylic acids is 1. The zero-order valence-corrected chi connectivity index (χ0v) is 12.3. The minimum atomic E-state index is -0.110. The molecular formula is C14H18N4OS. The first-order chi connectivity index (χ1) is 9.61. The summed E-state index contributed by atoms with van der Waals surface area (Å²) in [5.74, 6) is -0.110. The van der Waals surface area contributed by atoms with E-state index in [4.69, 9.17) is 5.73 Å². The first-order valence-electron chi connectivity index (χ1n) is 6.45. The molecule has 1 aromatic carbocycles. The van der Waals surface area contributed by atoms with Crippen LogP contribution in [0, 0.1) is 0 Å². The number of nitrogen functional groups attached to an aromatic ring is 1. The summed E-state index contributed by atoms with van der Waals surface area (Å²) in [5, 5.41) is 8.99. The smallest absolute Gasteiger partial charge is 0.253 e. The number of amides is 1. The topological polar surface area (TPSA) is 80.0 Å². The highest BCUT2D eigenvalue weighted by Crippen LogP contribution is 2.25. The molecule has 0 aliphatic carbocycles. The van der Waals surface area contributed by atoms with Crippen molar-refractivity contribution < 1.29 is 4.79 Å². The minimum Gasteiger partial charge on any atom is -0.399 e. The Bertz CT molecular complexity index is 583. The molecule has 5 nitrogen and oxygen atoms in total. The summed E-state index contributed by atoms with van der Waals surface area (Å²) >= 11 is 1.57. The normalized spacial score (nSPS) is 11.9. The third-order valence-electron chi connectivity index (χ3n) is 2.82. The van der Waals surface area contributed by atoms with Gasteiger partial charge in [-0.2, -0.15) is 0 Å². The Morgan fingerprint density at radius 2 is 2.30 bits per heavy atom. The molecule has 0 aliphatic rings. The first kappa shape index (κ1) is 14.3. The van der Waals surface area contributed by atoms with Gasteiger partial charge in [0, 0.05) is 29.5 Å². The Labute approximate surface area is 122 Å². The van der Waals surface area contributed by atoms with Crippen LogP contribution in [0.3, 0.4) is 0 Å². The molecule has 0 radical (unpaired) electrons. The van der Waals surface area contributed by atoms with Gasteiger partial charge in [0.15, 0.2) is 0 Å². The quantitative estimate of drug-likeness (QED) is 0.740. The van der Waals surface area contributed by atoms with Gasteiger partial charge in [-0.25, -0.2) is 4.98 Å². The fraction of sp³-hybridized carbons (Fsp3) is 0.286. The largest absolute Gasteiger partial charge is 0.399 e. The van der Waals surface area contributed by atoms with Gasteiger partial charge in [-0.3, -0.25) is 4.79 Å². The molecule has 4 N–H and O–H groups in total. The average Bonchev–Trinajstić information content (AvgIpc) is 2.93. The molecule has 1 atom stereocenters. The maximum atomic E-state index is 12.0. The second-order valence-corrected chi connectivity index (χ2v) is 5.33. The Balaban J connectivity index is 2.25. The number of nitrogens with zero attached hydrogens (tertiary/aromatic N) is 1. The maximum Gasteiger partial charge on any atom is 0.253 e. The molecule has 0 saturated heterocycles. The lowest BCUT2D eigenvalue weighted by Gasteiger charge is -2.16.